The standard InChI is InChI=1S/C21H39IN.CH4O3S/c1-2-3-4-5-6-7-8-9-10-11-12-13-18-23(21-16-17-22)19-14-15-20-23;1-5(2,3)4/h2-15,18-21H2,1H3;1H3,(H,2,3,4)/q+1;. The Morgan fingerprint density at radius 3 is 1.64 bits per heavy atom. The van der Waals surface area contributed by atoms with Gasteiger partial charge in [0.15, 0.2) is 0 Å². The summed E-state index contributed by atoms with van der Waals surface area (Å²) < 4.78 is 30.2. The number of likely N-dealkylation sites (tertiary alicyclic amines) is 1. The molecule has 0 aromatic carbocycles. The van der Waals surface area contributed by atoms with Gasteiger partial charge in [0.1, 0.15) is 6.54 Å². The van der Waals surface area contributed by atoms with Gasteiger partial charge in [-0.25, -0.2) is 0 Å². The van der Waals surface area contributed by atoms with E-state index in [0.29, 0.717) is 6.26 Å². The van der Waals surface area contributed by atoms with E-state index >= 15 is 0 Å². The van der Waals surface area contributed by atoms with E-state index in [1.807, 2.05) is 0 Å². The second-order valence-corrected chi connectivity index (χ2v) is 10.3. The minimum Gasteiger partial charge on any atom is -0.313 e. The van der Waals surface area contributed by atoms with Gasteiger partial charge in [-0.2, -0.15) is 8.42 Å². The number of nitrogens with zero attached hydrogens (tertiary/aromatic N) is 1. The average Bonchev–Trinajstić information content (AvgIpc) is 3.09. The second kappa shape index (κ2) is 18.0. The molecular formula is C22H43INO3S+. The van der Waals surface area contributed by atoms with Crippen molar-refractivity contribution < 1.29 is 17.5 Å². The molecule has 1 rings (SSSR count). The summed E-state index contributed by atoms with van der Waals surface area (Å²) in [5.74, 6) is 3.33. The number of rotatable bonds is 14. The van der Waals surface area contributed by atoms with E-state index in [9.17, 15) is 8.42 Å². The Morgan fingerprint density at radius 1 is 0.857 bits per heavy atom. The molecule has 0 aromatic heterocycles. The summed E-state index contributed by atoms with van der Waals surface area (Å²) in [6.07, 6.45) is 20.9. The van der Waals surface area contributed by atoms with Crippen molar-refractivity contribution in [2.45, 2.75) is 96.8 Å². The van der Waals surface area contributed by atoms with Crippen LogP contribution in [0.25, 0.3) is 0 Å². The van der Waals surface area contributed by atoms with Crippen LogP contribution in [0.1, 0.15) is 96.8 Å². The molecule has 28 heavy (non-hydrogen) atoms. The highest BCUT2D eigenvalue weighted by Crippen LogP contribution is 2.21. The molecule has 0 radical (unpaired) electrons. The van der Waals surface area contributed by atoms with Crippen LogP contribution in [-0.4, -0.2) is 49.9 Å². The Morgan fingerprint density at radius 2 is 1.25 bits per heavy atom. The molecule has 0 atom stereocenters. The average molecular weight is 529 g/mol. The van der Waals surface area contributed by atoms with Crippen molar-refractivity contribution in [1.82, 2.24) is 0 Å². The number of quaternary nitrogens is 1. The first kappa shape index (κ1) is 28.2. The molecule has 1 aliphatic heterocycles. The first-order valence-electron chi connectivity index (χ1n) is 11.2. The Labute approximate surface area is 188 Å². The lowest BCUT2D eigenvalue weighted by Gasteiger charge is -2.32. The zero-order valence-corrected chi connectivity index (χ0v) is 21.2. The first-order valence-corrected chi connectivity index (χ1v) is 14.1. The Balaban J connectivity index is 0.00000129. The Bertz CT molecular complexity index is 512. The van der Waals surface area contributed by atoms with E-state index in [1.165, 1.54) is 114 Å². The largest absolute Gasteiger partial charge is 0.313 e. The van der Waals surface area contributed by atoms with Gasteiger partial charge < -0.3 is 4.48 Å². The summed E-state index contributed by atoms with van der Waals surface area (Å²) in [6.45, 7) is 7.53. The Hall–Kier alpha value is 0.160. The highest BCUT2D eigenvalue weighted by molar-refractivity contribution is 14.1. The molecule has 0 bridgehead atoms. The van der Waals surface area contributed by atoms with E-state index in [2.05, 4.69) is 39.4 Å². The molecule has 1 fully saturated rings. The maximum absolute atomic E-state index is 9.19. The Kier molecular flexibility index (Phi) is 18.1. The molecule has 166 valence electrons. The molecule has 1 N–H and O–H groups in total. The summed E-state index contributed by atoms with van der Waals surface area (Å²) in [5, 5.41) is 0. The van der Waals surface area contributed by atoms with Crippen LogP contribution in [0.15, 0.2) is 0 Å². The van der Waals surface area contributed by atoms with E-state index in [-0.39, 0.29) is 0 Å². The van der Waals surface area contributed by atoms with Gasteiger partial charge in [-0.1, -0.05) is 71.1 Å². The summed E-state index contributed by atoms with van der Waals surface area (Å²) >= 11 is 2.19. The lowest BCUT2D eigenvalue weighted by molar-refractivity contribution is -0.910. The highest BCUT2D eigenvalue weighted by atomic mass is 127. The van der Waals surface area contributed by atoms with Crippen LogP contribution in [-0.2, 0) is 10.1 Å². The second-order valence-electron chi connectivity index (χ2n) is 8.27. The first-order chi connectivity index (χ1) is 13.3. The van der Waals surface area contributed by atoms with E-state index in [0.717, 1.165) is 6.54 Å². The van der Waals surface area contributed by atoms with Crippen molar-refractivity contribution in [2.75, 3.05) is 32.4 Å². The molecule has 6 heteroatoms. The van der Waals surface area contributed by atoms with Gasteiger partial charge in [-0.15, -0.1) is 0 Å². The van der Waals surface area contributed by atoms with Crippen LogP contribution in [0, 0.1) is 9.85 Å². The van der Waals surface area contributed by atoms with Gasteiger partial charge in [0.05, 0.1) is 25.9 Å². The fourth-order valence-corrected chi connectivity index (χ4v) is 4.12. The molecule has 1 saturated heterocycles. The van der Waals surface area contributed by atoms with Crippen molar-refractivity contribution in [3.8, 4) is 9.85 Å². The summed E-state index contributed by atoms with van der Waals surface area (Å²) in [5.41, 5.74) is 0. The molecule has 0 spiro atoms. The number of unbranched alkanes of at least 4 members (excludes halogenated alkanes) is 11. The summed E-state index contributed by atoms with van der Waals surface area (Å²) in [6, 6.07) is 0. The van der Waals surface area contributed by atoms with E-state index < -0.39 is 10.1 Å². The quantitative estimate of drug-likeness (QED) is 0.0961. The van der Waals surface area contributed by atoms with Crippen LogP contribution in [0.5, 0.6) is 0 Å². The van der Waals surface area contributed by atoms with Crippen molar-refractivity contribution in [3.63, 3.8) is 0 Å². The predicted octanol–water partition coefficient (Wildman–Crippen LogP) is 6.20. The predicted molar refractivity (Wildman–Crippen MR) is 129 cm³/mol. The molecular weight excluding hydrogens is 485 g/mol. The zero-order chi connectivity index (χ0) is 21.1. The van der Waals surface area contributed by atoms with Gasteiger partial charge in [-0.05, 0) is 22.7 Å². The van der Waals surface area contributed by atoms with Gasteiger partial charge in [0.25, 0.3) is 10.1 Å². The molecule has 4 nitrogen and oxygen atoms in total. The summed E-state index contributed by atoms with van der Waals surface area (Å²) in [4.78, 5) is 0. The number of hydrogen-bond donors (Lipinski definition) is 1. The molecule has 0 amide bonds. The van der Waals surface area contributed by atoms with Crippen molar-refractivity contribution >= 4 is 32.7 Å². The normalized spacial score (nSPS) is 15.4. The molecule has 1 aliphatic rings. The molecule has 0 saturated carbocycles. The van der Waals surface area contributed by atoms with Crippen molar-refractivity contribution in [1.29, 1.82) is 0 Å². The van der Waals surface area contributed by atoms with Crippen molar-refractivity contribution in [2.24, 2.45) is 0 Å². The molecule has 0 aliphatic carbocycles. The van der Waals surface area contributed by atoms with Crippen molar-refractivity contribution in [3.05, 3.63) is 0 Å². The monoisotopic (exact) mass is 528 g/mol. The van der Waals surface area contributed by atoms with Crippen LogP contribution in [0.3, 0.4) is 0 Å². The maximum atomic E-state index is 9.19. The van der Waals surface area contributed by atoms with Crippen LogP contribution in [0.2, 0.25) is 0 Å². The van der Waals surface area contributed by atoms with Gasteiger partial charge >= 0.3 is 0 Å². The lowest BCUT2D eigenvalue weighted by Crippen LogP contribution is -2.46. The maximum Gasteiger partial charge on any atom is 0.261 e. The smallest absolute Gasteiger partial charge is 0.261 e. The van der Waals surface area contributed by atoms with E-state index in [1.54, 1.807) is 0 Å². The van der Waals surface area contributed by atoms with Gasteiger partial charge in [0, 0.05) is 35.4 Å². The van der Waals surface area contributed by atoms with Crippen LogP contribution < -0.4 is 0 Å². The minimum absolute atomic E-state index is 0.715. The highest BCUT2D eigenvalue weighted by Gasteiger charge is 2.30. The fourth-order valence-electron chi connectivity index (χ4n) is 3.95. The van der Waals surface area contributed by atoms with Crippen LogP contribution >= 0.6 is 22.6 Å². The molecule has 0 unspecified atom stereocenters. The lowest BCUT2D eigenvalue weighted by atomic mass is 10.1. The van der Waals surface area contributed by atoms with E-state index in [4.69, 9.17) is 4.55 Å². The fraction of sp³-hybridized carbons (Fsp3) is 0.909. The van der Waals surface area contributed by atoms with Crippen LogP contribution in [0.4, 0.5) is 0 Å². The third-order valence-electron chi connectivity index (χ3n) is 5.48. The number of hydrogen-bond acceptors (Lipinski definition) is 2. The summed E-state index contributed by atoms with van der Waals surface area (Å²) in [7, 11) is -3.67. The molecule has 1 heterocycles. The number of halogens is 1. The zero-order valence-electron chi connectivity index (χ0n) is 18.2. The van der Waals surface area contributed by atoms with Gasteiger partial charge in [0.2, 0.25) is 0 Å². The SMILES string of the molecule is CCCCCCCCCCCCCC[N+]1(CC#CI)CCCC1.CS(=O)(=O)O. The minimum atomic E-state index is -3.67. The third-order valence-corrected chi connectivity index (χ3v) is 5.86. The topological polar surface area (TPSA) is 54.4 Å². The third kappa shape index (κ3) is 19.5. The molecule has 0 aromatic rings. The van der Waals surface area contributed by atoms with Gasteiger partial charge in [-0.3, -0.25) is 4.55 Å².